The molecule has 0 radical (unpaired) electrons. The summed E-state index contributed by atoms with van der Waals surface area (Å²) in [6.07, 6.45) is 4.56. The lowest BCUT2D eigenvalue weighted by Crippen LogP contribution is -2.29. The number of hydrogen-bond acceptors (Lipinski definition) is 3. The average Bonchev–Trinajstić information content (AvgIpc) is 2.93. The van der Waals surface area contributed by atoms with Crippen molar-refractivity contribution < 1.29 is 9.90 Å². The summed E-state index contributed by atoms with van der Waals surface area (Å²) >= 11 is 1.61. The fourth-order valence-electron chi connectivity index (χ4n) is 2.09. The molecule has 1 atom stereocenters. The molecule has 0 aliphatic carbocycles. The second-order valence-corrected chi connectivity index (χ2v) is 6.00. The van der Waals surface area contributed by atoms with E-state index in [0.717, 1.165) is 36.1 Å². The van der Waals surface area contributed by atoms with Crippen LogP contribution in [0.2, 0.25) is 0 Å². The van der Waals surface area contributed by atoms with Gasteiger partial charge in [0.15, 0.2) is 0 Å². The lowest BCUT2D eigenvalue weighted by Gasteiger charge is -2.14. The van der Waals surface area contributed by atoms with Gasteiger partial charge in [-0.25, -0.2) is 0 Å². The van der Waals surface area contributed by atoms with E-state index >= 15 is 0 Å². The third kappa shape index (κ3) is 6.33. The molecule has 1 heterocycles. The number of aliphatic hydroxyl groups excluding tert-OH is 1. The van der Waals surface area contributed by atoms with Crippen LogP contribution in [0.4, 0.5) is 0 Å². The van der Waals surface area contributed by atoms with Crippen LogP contribution < -0.4 is 5.32 Å². The predicted octanol–water partition coefficient (Wildman–Crippen LogP) is 3.31. The molecular formula is C17H25NO2S. The molecule has 116 valence electrons. The van der Waals surface area contributed by atoms with Gasteiger partial charge in [0.25, 0.3) is 0 Å². The number of rotatable bonds is 8. The van der Waals surface area contributed by atoms with Crippen molar-refractivity contribution in [2.75, 3.05) is 6.61 Å². The fraction of sp³-hybridized carbons (Fsp3) is 0.588. The van der Waals surface area contributed by atoms with E-state index in [2.05, 4.69) is 31.0 Å². The number of hydrogen-bond donors (Lipinski definition) is 2. The van der Waals surface area contributed by atoms with Crippen molar-refractivity contribution in [3.63, 3.8) is 0 Å². The van der Waals surface area contributed by atoms with Gasteiger partial charge in [0.05, 0.1) is 13.2 Å². The second kappa shape index (κ2) is 10.4. The average molecular weight is 307 g/mol. The van der Waals surface area contributed by atoms with Crippen LogP contribution >= 0.6 is 11.3 Å². The Labute approximate surface area is 131 Å². The molecule has 0 bridgehead atoms. The summed E-state index contributed by atoms with van der Waals surface area (Å²) in [6, 6.07) is 1.96. The molecule has 0 aliphatic rings. The Kier molecular flexibility index (Phi) is 8.80. The quantitative estimate of drug-likeness (QED) is 0.724. The molecule has 1 aromatic heterocycles. The van der Waals surface area contributed by atoms with Crippen molar-refractivity contribution >= 4 is 17.2 Å². The van der Waals surface area contributed by atoms with E-state index in [4.69, 9.17) is 5.11 Å². The molecule has 1 amide bonds. The fourth-order valence-corrected chi connectivity index (χ4v) is 2.86. The Morgan fingerprint density at radius 1 is 1.48 bits per heavy atom. The molecular weight excluding hydrogens is 282 g/mol. The molecule has 2 N–H and O–H groups in total. The van der Waals surface area contributed by atoms with Crippen molar-refractivity contribution in [1.82, 2.24) is 5.32 Å². The van der Waals surface area contributed by atoms with Crippen LogP contribution in [0.1, 0.15) is 56.4 Å². The largest absolute Gasteiger partial charge is 0.395 e. The first kappa shape index (κ1) is 17.7. The van der Waals surface area contributed by atoms with Crippen molar-refractivity contribution in [2.24, 2.45) is 5.92 Å². The molecule has 0 spiro atoms. The molecule has 1 rings (SSSR count). The van der Waals surface area contributed by atoms with Crippen LogP contribution in [-0.4, -0.2) is 17.6 Å². The lowest BCUT2D eigenvalue weighted by molar-refractivity contribution is -0.125. The smallest absolute Gasteiger partial charge is 0.223 e. The first-order valence-electron chi connectivity index (χ1n) is 7.66. The second-order valence-electron chi connectivity index (χ2n) is 5.00. The molecule has 1 unspecified atom stereocenters. The van der Waals surface area contributed by atoms with E-state index in [0.29, 0.717) is 13.0 Å². The zero-order chi connectivity index (χ0) is 15.5. The highest BCUT2D eigenvalue weighted by Crippen LogP contribution is 2.17. The van der Waals surface area contributed by atoms with E-state index < -0.39 is 0 Å². The standard InChI is InChI=1S/C17H25NO2S/c1-3-5-8-14(4-2)17(20)18-13-16-15(10-12-21-16)9-6-7-11-19/h10,12,14,19H,3-5,7-8,11,13H2,1-2H3,(H,18,20). The van der Waals surface area contributed by atoms with Crippen LogP contribution in [-0.2, 0) is 11.3 Å². The van der Waals surface area contributed by atoms with Crippen LogP contribution in [0.25, 0.3) is 0 Å². The summed E-state index contributed by atoms with van der Waals surface area (Å²) < 4.78 is 0. The maximum absolute atomic E-state index is 12.2. The van der Waals surface area contributed by atoms with E-state index in [1.165, 1.54) is 0 Å². The van der Waals surface area contributed by atoms with Gasteiger partial charge in [0.2, 0.25) is 5.91 Å². The number of nitrogens with one attached hydrogen (secondary N) is 1. The maximum atomic E-state index is 12.2. The number of amides is 1. The molecule has 21 heavy (non-hydrogen) atoms. The van der Waals surface area contributed by atoms with Crippen molar-refractivity contribution in [3.8, 4) is 11.8 Å². The normalized spacial score (nSPS) is 11.6. The Hall–Kier alpha value is -1.31. The molecule has 3 nitrogen and oxygen atoms in total. The summed E-state index contributed by atoms with van der Waals surface area (Å²) in [5.41, 5.74) is 0.954. The first-order valence-corrected chi connectivity index (χ1v) is 8.54. The minimum absolute atomic E-state index is 0.0822. The van der Waals surface area contributed by atoms with E-state index in [-0.39, 0.29) is 18.4 Å². The van der Waals surface area contributed by atoms with Gasteiger partial charge in [0, 0.05) is 22.8 Å². The number of aliphatic hydroxyl groups is 1. The molecule has 4 heteroatoms. The van der Waals surface area contributed by atoms with Crippen molar-refractivity contribution in [1.29, 1.82) is 0 Å². The SMILES string of the molecule is CCCCC(CC)C(=O)NCc1sccc1C#CCCO. The number of unbranched alkanes of at least 4 members (excludes halogenated alkanes) is 1. The van der Waals surface area contributed by atoms with Gasteiger partial charge in [-0.2, -0.15) is 0 Å². The highest BCUT2D eigenvalue weighted by Gasteiger charge is 2.15. The highest BCUT2D eigenvalue weighted by molar-refractivity contribution is 7.10. The lowest BCUT2D eigenvalue weighted by atomic mass is 9.98. The topological polar surface area (TPSA) is 49.3 Å². The van der Waals surface area contributed by atoms with Gasteiger partial charge in [-0.3, -0.25) is 4.79 Å². The van der Waals surface area contributed by atoms with E-state index in [9.17, 15) is 4.79 Å². The van der Waals surface area contributed by atoms with Gasteiger partial charge in [0.1, 0.15) is 0 Å². The summed E-state index contributed by atoms with van der Waals surface area (Å²) in [5.74, 6) is 6.23. The molecule has 0 aliphatic heterocycles. The minimum atomic E-state index is 0.0822. The molecule has 0 saturated heterocycles. The van der Waals surface area contributed by atoms with E-state index in [1.54, 1.807) is 11.3 Å². The minimum Gasteiger partial charge on any atom is -0.395 e. The van der Waals surface area contributed by atoms with Crippen LogP contribution in [0, 0.1) is 17.8 Å². The predicted molar refractivity (Wildman–Crippen MR) is 88.1 cm³/mol. The van der Waals surface area contributed by atoms with Crippen LogP contribution in [0.15, 0.2) is 11.4 Å². The molecule has 0 fully saturated rings. The molecule has 0 saturated carbocycles. The zero-order valence-electron chi connectivity index (χ0n) is 12.9. The first-order chi connectivity index (χ1) is 10.2. The third-order valence-corrected chi connectivity index (χ3v) is 4.32. The third-order valence-electron chi connectivity index (χ3n) is 3.40. The summed E-state index contributed by atoms with van der Waals surface area (Å²) in [7, 11) is 0. The molecule has 1 aromatic rings. The van der Waals surface area contributed by atoms with Crippen LogP contribution in [0.5, 0.6) is 0 Å². The number of carbonyl (C=O) groups excluding carboxylic acids is 1. The number of thiophene rings is 1. The van der Waals surface area contributed by atoms with Gasteiger partial charge < -0.3 is 10.4 Å². The summed E-state index contributed by atoms with van der Waals surface area (Å²) in [5, 5.41) is 13.8. The summed E-state index contributed by atoms with van der Waals surface area (Å²) in [6.45, 7) is 4.84. The number of carbonyl (C=O) groups is 1. The Bertz CT molecular complexity index is 484. The molecule has 0 aromatic carbocycles. The van der Waals surface area contributed by atoms with Crippen LogP contribution in [0.3, 0.4) is 0 Å². The summed E-state index contributed by atoms with van der Waals surface area (Å²) in [4.78, 5) is 13.3. The Morgan fingerprint density at radius 3 is 2.95 bits per heavy atom. The van der Waals surface area contributed by atoms with Gasteiger partial charge in [-0.05, 0) is 24.3 Å². The maximum Gasteiger partial charge on any atom is 0.223 e. The highest BCUT2D eigenvalue weighted by atomic mass is 32.1. The van der Waals surface area contributed by atoms with Crippen molar-refractivity contribution in [3.05, 3.63) is 21.9 Å². The Morgan fingerprint density at radius 2 is 2.29 bits per heavy atom. The van der Waals surface area contributed by atoms with Crippen molar-refractivity contribution in [2.45, 2.75) is 52.5 Å². The van der Waals surface area contributed by atoms with Gasteiger partial charge >= 0.3 is 0 Å². The zero-order valence-corrected chi connectivity index (χ0v) is 13.8. The van der Waals surface area contributed by atoms with E-state index in [1.807, 2.05) is 11.4 Å². The Balaban J connectivity index is 2.53. The monoisotopic (exact) mass is 307 g/mol. The van der Waals surface area contributed by atoms with Gasteiger partial charge in [-0.15, -0.1) is 11.3 Å². The van der Waals surface area contributed by atoms with Gasteiger partial charge in [-0.1, -0.05) is 38.5 Å².